The van der Waals surface area contributed by atoms with Crippen LogP contribution >= 0.6 is 0 Å². The highest BCUT2D eigenvalue weighted by Crippen LogP contribution is 2.19. The second kappa shape index (κ2) is 4.77. The maximum Gasteiger partial charge on any atom is 0.166 e. The molecule has 92 valence electrons. The Labute approximate surface area is 106 Å². The van der Waals surface area contributed by atoms with Gasteiger partial charge in [-0.3, -0.25) is 9.48 Å². The molecule has 0 atom stereocenters. The monoisotopic (exact) mass is 240 g/mol. The molecule has 3 nitrogen and oxygen atoms in total. The summed E-state index contributed by atoms with van der Waals surface area (Å²) in [5.74, 6) is 0.252. The molecule has 0 bridgehead atoms. The van der Waals surface area contributed by atoms with Gasteiger partial charge in [0.1, 0.15) is 0 Å². The second-order valence-electron chi connectivity index (χ2n) is 4.80. The molecule has 3 heteroatoms. The normalized spacial score (nSPS) is 15.2. The van der Waals surface area contributed by atoms with E-state index in [4.69, 9.17) is 0 Å². The molecule has 3 rings (SSSR count). The van der Waals surface area contributed by atoms with Gasteiger partial charge in [-0.1, -0.05) is 30.3 Å². The minimum atomic E-state index is 0.252. The fourth-order valence-electron chi connectivity index (χ4n) is 2.44. The summed E-state index contributed by atoms with van der Waals surface area (Å²) >= 11 is 0. The van der Waals surface area contributed by atoms with Gasteiger partial charge >= 0.3 is 0 Å². The van der Waals surface area contributed by atoms with Crippen LogP contribution in [0.4, 0.5) is 0 Å². The molecular weight excluding hydrogens is 224 g/mol. The van der Waals surface area contributed by atoms with Crippen LogP contribution in [0.25, 0.3) is 0 Å². The Morgan fingerprint density at radius 3 is 2.72 bits per heavy atom. The molecule has 1 aromatic heterocycles. The Kier molecular flexibility index (Phi) is 2.97. The van der Waals surface area contributed by atoms with Crippen molar-refractivity contribution < 1.29 is 4.79 Å². The standard InChI is InChI=1S/C15H16N2O/c18-15-9-5-4-8-14-13(15)11-17(16-14)10-12-6-2-1-3-7-12/h1-3,6-7,11H,4-5,8-10H2. The third-order valence-electron chi connectivity index (χ3n) is 3.39. The average Bonchev–Trinajstić information content (AvgIpc) is 2.71. The van der Waals surface area contributed by atoms with E-state index in [1.54, 1.807) is 0 Å². The van der Waals surface area contributed by atoms with E-state index in [0.29, 0.717) is 6.42 Å². The lowest BCUT2D eigenvalue weighted by Crippen LogP contribution is -2.01. The number of aryl methyl sites for hydroxylation is 1. The van der Waals surface area contributed by atoms with Crippen molar-refractivity contribution in [2.24, 2.45) is 0 Å². The van der Waals surface area contributed by atoms with Crippen molar-refractivity contribution >= 4 is 5.78 Å². The van der Waals surface area contributed by atoms with E-state index in [-0.39, 0.29) is 5.78 Å². The summed E-state index contributed by atoms with van der Waals surface area (Å²) in [6.45, 7) is 0.737. The Balaban J connectivity index is 1.87. The minimum absolute atomic E-state index is 0.252. The van der Waals surface area contributed by atoms with E-state index < -0.39 is 0 Å². The molecule has 1 heterocycles. The number of rotatable bonds is 2. The van der Waals surface area contributed by atoms with Gasteiger partial charge in [-0.15, -0.1) is 0 Å². The molecule has 1 aromatic carbocycles. The molecule has 0 spiro atoms. The average molecular weight is 240 g/mol. The summed E-state index contributed by atoms with van der Waals surface area (Å²) in [7, 11) is 0. The molecule has 1 aliphatic carbocycles. The number of aromatic nitrogens is 2. The van der Waals surface area contributed by atoms with Crippen LogP contribution in [0.1, 0.15) is 40.9 Å². The Morgan fingerprint density at radius 1 is 1.11 bits per heavy atom. The number of carbonyl (C=O) groups is 1. The lowest BCUT2D eigenvalue weighted by molar-refractivity contribution is 0.0982. The van der Waals surface area contributed by atoms with Crippen LogP contribution in [0.5, 0.6) is 0 Å². The molecule has 0 amide bonds. The quantitative estimate of drug-likeness (QED) is 0.756. The third kappa shape index (κ3) is 2.21. The van der Waals surface area contributed by atoms with Gasteiger partial charge in [0, 0.05) is 12.6 Å². The van der Waals surface area contributed by atoms with Crippen LogP contribution in [-0.4, -0.2) is 15.6 Å². The maximum atomic E-state index is 11.9. The van der Waals surface area contributed by atoms with Crippen molar-refractivity contribution in [3.05, 3.63) is 53.3 Å². The Bertz CT molecular complexity index is 557. The van der Waals surface area contributed by atoms with E-state index in [1.807, 2.05) is 29.1 Å². The minimum Gasteiger partial charge on any atom is -0.294 e. The third-order valence-corrected chi connectivity index (χ3v) is 3.39. The molecule has 0 saturated heterocycles. The number of benzene rings is 1. The number of hydrogen-bond donors (Lipinski definition) is 0. The number of ketones is 1. The molecule has 1 aliphatic rings. The predicted octanol–water partition coefficient (Wildman–Crippen LogP) is 2.84. The zero-order chi connectivity index (χ0) is 12.4. The van der Waals surface area contributed by atoms with Gasteiger partial charge in [-0.2, -0.15) is 5.10 Å². The molecule has 2 aromatic rings. The number of hydrogen-bond acceptors (Lipinski definition) is 2. The highest BCUT2D eigenvalue weighted by molar-refractivity contribution is 5.97. The molecule has 0 unspecified atom stereocenters. The Hall–Kier alpha value is -1.90. The fraction of sp³-hybridized carbons (Fsp3) is 0.333. The molecule has 0 N–H and O–H groups in total. The molecule has 18 heavy (non-hydrogen) atoms. The summed E-state index contributed by atoms with van der Waals surface area (Å²) in [6.07, 6.45) is 5.58. The first-order chi connectivity index (χ1) is 8.83. The van der Waals surface area contributed by atoms with E-state index in [1.165, 1.54) is 5.56 Å². The second-order valence-corrected chi connectivity index (χ2v) is 4.80. The number of fused-ring (bicyclic) bond motifs is 1. The van der Waals surface area contributed by atoms with Crippen molar-refractivity contribution in [2.75, 3.05) is 0 Å². The zero-order valence-corrected chi connectivity index (χ0v) is 10.3. The number of carbonyl (C=O) groups excluding carboxylic acids is 1. The van der Waals surface area contributed by atoms with Crippen LogP contribution in [0.3, 0.4) is 0 Å². The van der Waals surface area contributed by atoms with Crippen molar-refractivity contribution in [3.63, 3.8) is 0 Å². The van der Waals surface area contributed by atoms with E-state index >= 15 is 0 Å². The summed E-state index contributed by atoms with van der Waals surface area (Å²) in [5.41, 5.74) is 3.03. The van der Waals surface area contributed by atoms with Gasteiger partial charge in [0.25, 0.3) is 0 Å². The van der Waals surface area contributed by atoms with Gasteiger partial charge in [-0.05, 0) is 24.8 Å². The van der Waals surface area contributed by atoms with Crippen LogP contribution in [0.15, 0.2) is 36.5 Å². The first kappa shape index (κ1) is 11.2. The van der Waals surface area contributed by atoms with Gasteiger partial charge < -0.3 is 0 Å². The van der Waals surface area contributed by atoms with Crippen LogP contribution in [0.2, 0.25) is 0 Å². The number of Topliss-reactive ketones (excluding diaryl/α,β-unsaturated/α-hetero) is 1. The van der Waals surface area contributed by atoms with Gasteiger partial charge in [0.2, 0.25) is 0 Å². The summed E-state index contributed by atoms with van der Waals surface area (Å²) in [4.78, 5) is 11.9. The summed E-state index contributed by atoms with van der Waals surface area (Å²) in [6, 6.07) is 10.2. The van der Waals surface area contributed by atoms with Gasteiger partial charge in [-0.25, -0.2) is 0 Å². The predicted molar refractivity (Wildman–Crippen MR) is 69.7 cm³/mol. The maximum absolute atomic E-state index is 11.9. The van der Waals surface area contributed by atoms with E-state index in [9.17, 15) is 4.79 Å². The fourth-order valence-corrected chi connectivity index (χ4v) is 2.44. The topological polar surface area (TPSA) is 34.9 Å². The summed E-state index contributed by atoms with van der Waals surface area (Å²) in [5, 5.41) is 4.55. The van der Waals surface area contributed by atoms with Crippen LogP contribution < -0.4 is 0 Å². The lowest BCUT2D eigenvalue weighted by atomic mass is 10.1. The highest BCUT2D eigenvalue weighted by atomic mass is 16.1. The Morgan fingerprint density at radius 2 is 1.89 bits per heavy atom. The van der Waals surface area contributed by atoms with E-state index in [0.717, 1.165) is 37.1 Å². The van der Waals surface area contributed by atoms with Gasteiger partial charge in [0.05, 0.1) is 17.8 Å². The van der Waals surface area contributed by atoms with Crippen LogP contribution in [-0.2, 0) is 13.0 Å². The molecular formula is C15H16N2O. The van der Waals surface area contributed by atoms with Crippen molar-refractivity contribution in [1.82, 2.24) is 9.78 Å². The van der Waals surface area contributed by atoms with Crippen LogP contribution in [0, 0.1) is 0 Å². The van der Waals surface area contributed by atoms with Crippen molar-refractivity contribution in [2.45, 2.75) is 32.2 Å². The lowest BCUT2D eigenvalue weighted by Gasteiger charge is -2.01. The van der Waals surface area contributed by atoms with Gasteiger partial charge in [0.15, 0.2) is 5.78 Å². The largest absolute Gasteiger partial charge is 0.294 e. The van der Waals surface area contributed by atoms with E-state index in [2.05, 4.69) is 17.2 Å². The first-order valence-corrected chi connectivity index (χ1v) is 6.46. The SMILES string of the molecule is O=C1CCCCc2nn(Cc3ccccc3)cc21. The van der Waals surface area contributed by atoms with Crippen molar-refractivity contribution in [1.29, 1.82) is 0 Å². The zero-order valence-electron chi connectivity index (χ0n) is 10.3. The highest BCUT2D eigenvalue weighted by Gasteiger charge is 2.19. The smallest absolute Gasteiger partial charge is 0.166 e. The molecule has 0 saturated carbocycles. The molecule has 0 aliphatic heterocycles. The summed E-state index contributed by atoms with van der Waals surface area (Å²) < 4.78 is 1.89. The first-order valence-electron chi connectivity index (χ1n) is 6.46. The molecule has 0 radical (unpaired) electrons. The molecule has 0 fully saturated rings. The number of nitrogens with zero attached hydrogens (tertiary/aromatic N) is 2. The van der Waals surface area contributed by atoms with Crippen molar-refractivity contribution in [3.8, 4) is 0 Å².